The molecular formula is C11H9F3N2O5. The molecule has 0 atom stereocenters. The van der Waals surface area contributed by atoms with Crippen molar-refractivity contribution >= 4 is 23.3 Å². The van der Waals surface area contributed by atoms with Crippen LogP contribution in [0, 0.1) is 10.1 Å². The Morgan fingerprint density at radius 3 is 2.48 bits per heavy atom. The minimum atomic E-state index is -4.77. The van der Waals surface area contributed by atoms with Crippen LogP contribution in [0.2, 0.25) is 0 Å². The number of halogens is 3. The van der Waals surface area contributed by atoms with E-state index in [1.165, 1.54) is 6.92 Å². The highest BCUT2D eigenvalue weighted by Gasteiger charge is 2.33. The molecule has 0 unspecified atom stereocenters. The second kappa shape index (κ2) is 6.20. The van der Waals surface area contributed by atoms with Crippen LogP contribution in [0.4, 0.5) is 24.5 Å². The predicted octanol–water partition coefficient (Wildman–Crippen LogP) is 2.12. The van der Waals surface area contributed by atoms with Crippen molar-refractivity contribution < 1.29 is 32.4 Å². The fraction of sp³-hybridized carbons (Fsp3) is 0.273. The molecule has 1 rings (SSSR count). The second-order valence-corrected chi connectivity index (χ2v) is 3.66. The molecule has 0 aromatic heterocycles. The van der Waals surface area contributed by atoms with Crippen LogP contribution in [-0.4, -0.2) is 23.4 Å². The van der Waals surface area contributed by atoms with E-state index in [1.54, 1.807) is 0 Å². The number of esters is 1. The van der Waals surface area contributed by atoms with E-state index in [4.69, 9.17) is 0 Å². The van der Waals surface area contributed by atoms with E-state index >= 15 is 0 Å². The number of anilines is 1. The molecule has 21 heavy (non-hydrogen) atoms. The van der Waals surface area contributed by atoms with Crippen LogP contribution in [-0.2, 0) is 20.5 Å². The maximum atomic E-state index is 12.5. The number of alkyl halides is 3. The molecule has 0 aliphatic carbocycles. The summed E-state index contributed by atoms with van der Waals surface area (Å²) >= 11 is 0. The third-order valence-electron chi connectivity index (χ3n) is 2.23. The number of carbonyl (C=O) groups is 2. The number of nitro benzene ring substituents is 1. The van der Waals surface area contributed by atoms with Gasteiger partial charge in [0.25, 0.3) is 5.69 Å². The quantitative estimate of drug-likeness (QED) is 0.399. The topological polar surface area (TPSA) is 98.5 Å². The molecule has 0 aliphatic heterocycles. The molecule has 1 amide bonds. The largest absolute Gasteiger partial charge is 0.459 e. The van der Waals surface area contributed by atoms with Crippen molar-refractivity contribution in [2.45, 2.75) is 13.1 Å². The van der Waals surface area contributed by atoms with Gasteiger partial charge in [-0.2, -0.15) is 13.2 Å². The van der Waals surface area contributed by atoms with Crippen LogP contribution >= 0.6 is 0 Å². The van der Waals surface area contributed by atoms with Gasteiger partial charge in [-0.05, 0) is 19.1 Å². The molecule has 1 N–H and O–H groups in total. The van der Waals surface area contributed by atoms with Gasteiger partial charge in [-0.3, -0.25) is 14.9 Å². The summed E-state index contributed by atoms with van der Waals surface area (Å²) in [5, 5.41) is 12.6. The first-order chi connectivity index (χ1) is 9.66. The van der Waals surface area contributed by atoms with E-state index in [9.17, 15) is 32.9 Å². The first kappa shape index (κ1) is 16.4. The molecule has 0 aliphatic rings. The summed E-state index contributed by atoms with van der Waals surface area (Å²) in [6.45, 7) is 1.34. The number of nitrogens with one attached hydrogen (secondary N) is 1. The van der Waals surface area contributed by atoms with Gasteiger partial charge in [0.1, 0.15) is 5.69 Å². The Hall–Kier alpha value is -2.65. The van der Waals surface area contributed by atoms with Crippen LogP contribution in [0.1, 0.15) is 12.5 Å². The molecule has 0 saturated heterocycles. The van der Waals surface area contributed by atoms with Crippen LogP contribution in [0.25, 0.3) is 0 Å². The molecule has 0 radical (unpaired) electrons. The van der Waals surface area contributed by atoms with Gasteiger partial charge in [-0.15, -0.1) is 0 Å². The van der Waals surface area contributed by atoms with Gasteiger partial charge in [0.05, 0.1) is 17.1 Å². The third kappa shape index (κ3) is 4.16. The van der Waals surface area contributed by atoms with Crippen LogP contribution < -0.4 is 5.32 Å². The molecule has 0 spiro atoms. The van der Waals surface area contributed by atoms with E-state index in [2.05, 4.69) is 4.74 Å². The number of carbonyl (C=O) groups excluding carboxylic acids is 2. The monoisotopic (exact) mass is 306 g/mol. The summed E-state index contributed by atoms with van der Waals surface area (Å²) in [7, 11) is 0. The average Bonchev–Trinajstić information content (AvgIpc) is 2.37. The van der Waals surface area contributed by atoms with E-state index < -0.39 is 39.9 Å². The van der Waals surface area contributed by atoms with Gasteiger partial charge < -0.3 is 10.1 Å². The maximum absolute atomic E-state index is 12.5. The van der Waals surface area contributed by atoms with Crippen LogP contribution in [0.3, 0.4) is 0 Å². The summed E-state index contributed by atoms with van der Waals surface area (Å²) in [6, 6.07) is 1.51. The van der Waals surface area contributed by atoms with Gasteiger partial charge >= 0.3 is 18.1 Å². The average molecular weight is 306 g/mol. The Morgan fingerprint density at radius 2 is 2.00 bits per heavy atom. The minimum Gasteiger partial charge on any atom is -0.459 e. The summed E-state index contributed by atoms with van der Waals surface area (Å²) in [5.41, 5.74) is -2.77. The number of benzene rings is 1. The van der Waals surface area contributed by atoms with Crippen molar-refractivity contribution in [3.8, 4) is 0 Å². The predicted molar refractivity (Wildman–Crippen MR) is 63.4 cm³/mol. The highest BCUT2D eigenvalue weighted by atomic mass is 19.4. The third-order valence-corrected chi connectivity index (χ3v) is 2.23. The van der Waals surface area contributed by atoms with E-state index in [-0.39, 0.29) is 12.7 Å². The zero-order valence-electron chi connectivity index (χ0n) is 10.6. The lowest BCUT2D eigenvalue weighted by molar-refractivity contribution is -0.384. The van der Waals surface area contributed by atoms with Crippen molar-refractivity contribution in [2.24, 2.45) is 0 Å². The summed E-state index contributed by atoms with van der Waals surface area (Å²) in [6.07, 6.45) is -4.77. The second-order valence-electron chi connectivity index (χ2n) is 3.66. The molecular weight excluding hydrogens is 297 g/mol. The minimum absolute atomic E-state index is 0.0959. The number of nitrogens with zero attached hydrogens (tertiary/aromatic N) is 1. The van der Waals surface area contributed by atoms with Crippen molar-refractivity contribution in [1.29, 1.82) is 0 Å². The molecule has 1 aromatic rings. The number of nitro groups is 1. The highest BCUT2D eigenvalue weighted by molar-refractivity contribution is 6.37. The number of amides is 1. The van der Waals surface area contributed by atoms with Gasteiger partial charge in [0, 0.05) is 6.07 Å². The zero-order valence-corrected chi connectivity index (χ0v) is 10.6. The fourth-order valence-electron chi connectivity index (χ4n) is 1.33. The molecule has 7 nitrogen and oxygen atoms in total. The Morgan fingerprint density at radius 1 is 1.38 bits per heavy atom. The number of hydrogen-bond acceptors (Lipinski definition) is 5. The Bertz CT molecular complexity index is 586. The van der Waals surface area contributed by atoms with Gasteiger partial charge in [-0.25, -0.2) is 4.79 Å². The van der Waals surface area contributed by atoms with Crippen molar-refractivity contribution in [2.75, 3.05) is 11.9 Å². The number of ether oxygens (including phenoxy) is 1. The lowest BCUT2D eigenvalue weighted by atomic mass is 10.1. The number of rotatable bonds is 3. The van der Waals surface area contributed by atoms with Crippen molar-refractivity contribution in [1.82, 2.24) is 0 Å². The molecule has 114 valence electrons. The normalized spacial score (nSPS) is 10.9. The summed E-state index contributed by atoms with van der Waals surface area (Å²) in [5.74, 6) is -2.62. The molecule has 0 fully saturated rings. The molecule has 1 aromatic carbocycles. The summed E-state index contributed by atoms with van der Waals surface area (Å²) in [4.78, 5) is 32.0. The number of hydrogen-bond donors (Lipinski definition) is 1. The first-order valence-corrected chi connectivity index (χ1v) is 5.50. The van der Waals surface area contributed by atoms with Crippen LogP contribution in [0.5, 0.6) is 0 Å². The fourth-order valence-corrected chi connectivity index (χ4v) is 1.33. The van der Waals surface area contributed by atoms with Crippen molar-refractivity contribution in [3.05, 3.63) is 33.9 Å². The lowest BCUT2D eigenvalue weighted by Gasteiger charge is -2.09. The highest BCUT2D eigenvalue weighted by Crippen LogP contribution is 2.34. The lowest BCUT2D eigenvalue weighted by Crippen LogP contribution is -2.25. The Labute approximate surface area is 115 Å². The Kier molecular flexibility index (Phi) is 4.84. The zero-order chi connectivity index (χ0) is 16.2. The van der Waals surface area contributed by atoms with E-state index in [0.29, 0.717) is 12.1 Å². The molecule has 0 bridgehead atoms. The van der Waals surface area contributed by atoms with E-state index in [1.807, 2.05) is 5.32 Å². The first-order valence-electron chi connectivity index (χ1n) is 5.50. The maximum Gasteiger partial charge on any atom is 0.416 e. The van der Waals surface area contributed by atoms with Gasteiger partial charge in [0.15, 0.2) is 0 Å². The van der Waals surface area contributed by atoms with E-state index in [0.717, 1.165) is 0 Å². The molecule has 0 saturated carbocycles. The van der Waals surface area contributed by atoms with Crippen molar-refractivity contribution in [3.63, 3.8) is 0 Å². The molecule has 10 heteroatoms. The van der Waals surface area contributed by atoms with Gasteiger partial charge in [-0.1, -0.05) is 0 Å². The standard InChI is InChI=1S/C11H9F3N2O5/c1-2-21-10(18)9(17)15-7-4-3-6(11(12,13)14)5-8(7)16(19)20/h3-5H,2H2,1H3,(H,15,17). The SMILES string of the molecule is CCOC(=O)C(=O)Nc1ccc(C(F)(F)F)cc1[N+](=O)[O-]. The smallest absolute Gasteiger partial charge is 0.416 e. The summed E-state index contributed by atoms with van der Waals surface area (Å²) < 4.78 is 41.8. The Balaban J connectivity index is 3.11. The van der Waals surface area contributed by atoms with Crippen LogP contribution in [0.15, 0.2) is 18.2 Å². The molecule has 0 heterocycles. The van der Waals surface area contributed by atoms with Gasteiger partial charge in [0.2, 0.25) is 0 Å².